The van der Waals surface area contributed by atoms with E-state index in [1.165, 1.54) is 0 Å². The molecule has 0 amide bonds. The van der Waals surface area contributed by atoms with Gasteiger partial charge in [0.15, 0.2) is 11.5 Å². The maximum atomic E-state index is 9.89. The normalized spacial score (nSPS) is 11.5. The predicted octanol–water partition coefficient (Wildman–Crippen LogP) is 8.66. The molecule has 178 valence electrons. The summed E-state index contributed by atoms with van der Waals surface area (Å²) in [5.74, 6) is 1.50. The van der Waals surface area contributed by atoms with Gasteiger partial charge >= 0.3 is 0 Å². The molecule has 0 saturated heterocycles. The van der Waals surface area contributed by atoms with Crippen molar-refractivity contribution < 1.29 is 9.47 Å². The van der Waals surface area contributed by atoms with Gasteiger partial charge in [0.2, 0.25) is 0 Å². The van der Waals surface area contributed by atoms with Gasteiger partial charge in [0, 0.05) is 4.47 Å². The first-order chi connectivity index (χ1) is 16.7. The molecule has 4 rings (SSSR count). The second kappa shape index (κ2) is 10.6. The number of H-pyrrole nitrogens is 1. The SMILES string of the molecule is COc1cc(/C=C(/C#N)c2nc3cc(C)c(C)cc3[nH]2)c(Br)c(Br)c1OCc1ccc(Cl)c(Cl)c1. The lowest BCUT2D eigenvalue weighted by Gasteiger charge is -2.16. The molecule has 35 heavy (non-hydrogen) atoms. The van der Waals surface area contributed by atoms with Gasteiger partial charge < -0.3 is 14.5 Å². The number of aromatic amines is 1. The molecule has 5 nitrogen and oxygen atoms in total. The third-order valence-corrected chi connectivity index (χ3v) is 8.40. The van der Waals surface area contributed by atoms with Gasteiger partial charge in [-0.15, -0.1) is 0 Å². The number of halogens is 4. The fourth-order valence-corrected chi connectivity index (χ4v) is 4.76. The van der Waals surface area contributed by atoms with E-state index in [0.717, 1.165) is 33.3 Å². The largest absolute Gasteiger partial charge is 0.493 e. The molecule has 0 bridgehead atoms. The lowest BCUT2D eigenvalue weighted by molar-refractivity contribution is 0.282. The minimum Gasteiger partial charge on any atom is -0.493 e. The number of nitriles is 1. The standard InChI is InChI=1S/C26H19Br2Cl2N3O2/c1-13-6-20-21(7-14(13)2)33-26(32-20)17(11-31)9-16-10-22(34-3)25(24(28)23(16)27)35-12-15-4-5-18(29)19(30)8-15/h4-10H,12H2,1-3H3,(H,32,33)/b17-9-. The molecule has 0 fully saturated rings. The Morgan fingerprint density at radius 2 is 1.83 bits per heavy atom. The van der Waals surface area contributed by atoms with E-state index < -0.39 is 0 Å². The van der Waals surface area contributed by atoms with Gasteiger partial charge in [-0.3, -0.25) is 0 Å². The molecule has 4 aromatic rings. The minimum absolute atomic E-state index is 0.259. The molecular formula is C26H19Br2Cl2N3O2. The Hall–Kier alpha value is -2.50. The number of nitrogens with zero attached hydrogens (tertiary/aromatic N) is 2. The predicted molar refractivity (Wildman–Crippen MR) is 148 cm³/mol. The summed E-state index contributed by atoms with van der Waals surface area (Å²) in [6, 6.07) is 13.4. The molecule has 0 saturated carbocycles. The fourth-order valence-electron chi connectivity index (χ4n) is 3.49. The number of benzene rings is 3. The van der Waals surface area contributed by atoms with Crippen molar-refractivity contribution in [1.82, 2.24) is 9.97 Å². The topological polar surface area (TPSA) is 70.9 Å². The summed E-state index contributed by atoms with van der Waals surface area (Å²) in [5, 5.41) is 10.8. The smallest absolute Gasteiger partial charge is 0.177 e. The Balaban J connectivity index is 1.69. The number of aryl methyl sites for hydroxylation is 2. The molecule has 0 aliphatic carbocycles. The highest BCUT2D eigenvalue weighted by Crippen LogP contribution is 2.44. The Labute approximate surface area is 229 Å². The van der Waals surface area contributed by atoms with Crippen LogP contribution in [-0.2, 0) is 6.61 Å². The summed E-state index contributed by atoms with van der Waals surface area (Å²) in [6.07, 6.45) is 1.75. The van der Waals surface area contributed by atoms with Crippen LogP contribution in [0.2, 0.25) is 10.0 Å². The van der Waals surface area contributed by atoms with E-state index in [-0.39, 0.29) is 6.61 Å². The first-order valence-corrected chi connectivity index (χ1v) is 12.8. The summed E-state index contributed by atoms with van der Waals surface area (Å²) < 4.78 is 13.0. The average Bonchev–Trinajstić information content (AvgIpc) is 3.23. The molecule has 1 heterocycles. The van der Waals surface area contributed by atoms with E-state index in [0.29, 0.717) is 41.9 Å². The quantitative estimate of drug-likeness (QED) is 0.215. The maximum absolute atomic E-state index is 9.89. The summed E-state index contributed by atoms with van der Waals surface area (Å²) in [7, 11) is 1.56. The number of hydrogen-bond donors (Lipinski definition) is 1. The Morgan fingerprint density at radius 3 is 2.51 bits per heavy atom. The number of allylic oxidation sites excluding steroid dienone is 1. The van der Waals surface area contributed by atoms with Crippen LogP contribution >= 0.6 is 55.1 Å². The second-order valence-corrected chi connectivity index (χ2v) is 10.3. The Kier molecular flexibility index (Phi) is 7.77. The first kappa shape index (κ1) is 25.6. The van der Waals surface area contributed by atoms with Crippen LogP contribution in [0, 0.1) is 25.2 Å². The third-order valence-electron chi connectivity index (χ3n) is 5.52. The highest BCUT2D eigenvalue weighted by atomic mass is 79.9. The third kappa shape index (κ3) is 5.36. The number of rotatable bonds is 6. The van der Waals surface area contributed by atoms with Gasteiger partial charge in [-0.25, -0.2) is 4.98 Å². The number of aromatic nitrogens is 2. The number of methoxy groups -OCH3 is 1. The molecule has 9 heteroatoms. The van der Waals surface area contributed by atoms with E-state index in [9.17, 15) is 5.26 Å². The van der Waals surface area contributed by atoms with Crippen LogP contribution in [0.25, 0.3) is 22.7 Å². The van der Waals surface area contributed by atoms with Gasteiger partial charge in [0.05, 0.1) is 38.2 Å². The Morgan fingerprint density at radius 1 is 1.09 bits per heavy atom. The van der Waals surface area contributed by atoms with Crippen molar-refractivity contribution in [3.8, 4) is 17.6 Å². The molecule has 0 aliphatic rings. The van der Waals surface area contributed by atoms with E-state index in [1.807, 2.05) is 32.0 Å². The minimum atomic E-state index is 0.259. The highest BCUT2D eigenvalue weighted by molar-refractivity contribution is 9.13. The van der Waals surface area contributed by atoms with Gasteiger partial charge in [-0.1, -0.05) is 29.3 Å². The molecule has 0 atom stereocenters. The number of hydrogen-bond acceptors (Lipinski definition) is 4. The second-order valence-electron chi connectivity index (χ2n) is 7.87. The van der Waals surface area contributed by atoms with Crippen molar-refractivity contribution in [2.24, 2.45) is 0 Å². The zero-order valence-corrected chi connectivity index (χ0v) is 23.7. The fraction of sp³-hybridized carbons (Fsp3) is 0.154. The van der Waals surface area contributed by atoms with Crippen molar-refractivity contribution >= 4 is 77.7 Å². The van der Waals surface area contributed by atoms with Crippen molar-refractivity contribution in [3.63, 3.8) is 0 Å². The van der Waals surface area contributed by atoms with Crippen molar-refractivity contribution in [2.45, 2.75) is 20.5 Å². The number of nitrogens with one attached hydrogen (secondary N) is 1. The monoisotopic (exact) mass is 633 g/mol. The van der Waals surface area contributed by atoms with E-state index in [1.54, 1.807) is 31.4 Å². The zero-order chi connectivity index (χ0) is 25.3. The summed E-state index contributed by atoms with van der Waals surface area (Å²) in [6.45, 7) is 4.34. The maximum Gasteiger partial charge on any atom is 0.177 e. The van der Waals surface area contributed by atoms with E-state index in [2.05, 4.69) is 47.9 Å². The lowest BCUT2D eigenvalue weighted by Crippen LogP contribution is -2.00. The zero-order valence-electron chi connectivity index (χ0n) is 19.0. The van der Waals surface area contributed by atoms with Crippen LogP contribution in [0.4, 0.5) is 0 Å². The van der Waals surface area contributed by atoms with Crippen LogP contribution in [0.3, 0.4) is 0 Å². The van der Waals surface area contributed by atoms with Gasteiger partial charge in [0.25, 0.3) is 0 Å². The summed E-state index contributed by atoms with van der Waals surface area (Å²) in [5.41, 5.74) is 5.96. The van der Waals surface area contributed by atoms with Crippen molar-refractivity contribution in [2.75, 3.05) is 7.11 Å². The summed E-state index contributed by atoms with van der Waals surface area (Å²) in [4.78, 5) is 7.87. The molecule has 0 spiro atoms. The van der Waals surface area contributed by atoms with E-state index >= 15 is 0 Å². The van der Waals surface area contributed by atoms with Gasteiger partial charge in [0.1, 0.15) is 18.5 Å². The average molecular weight is 636 g/mol. The Bertz CT molecular complexity index is 1480. The number of imidazole rings is 1. The molecule has 0 unspecified atom stereocenters. The molecule has 0 aliphatic heterocycles. The van der Waals surface area contributed by atoms with Crippen LogP contribution < -0.4 is 9.47 Å². The molecule has 3 aromatic carbocycles. The van der Waals surface area contributed by atoms with Crippen molar-refractivity contribution in [1.29, 1.82) is 5.26 Å². The van der Waals surface area contributed by atoms with Crippen LogP contribution in [0.1, 0.15) is 28.1 Å². The summed E-state index contributed by atoms with van der Waals surface area (Å²) >= 11 is 19.3. The van der Waals surface area contributed by atoms with Crippen LogP contribution in [0.15, 0.2) is 45.3 Å². The van der Waals surface area contributed by atoms with Crippen LogP contribution in [0.5, 0.6) is 11.5 Å². The highest BCUT2D eigenvalue weighted by Gasteiger charge is 2.18. The number of ether oxygens (including phenoxy) is 2. The molecule has 1 aromatic heterocycles. The molecular weight excluding hydrogens is 617 g/mol. The lowest BCUT2D eigenvalue weighted by atomic mass is 10.1. The number of fused-ring (bicyclic) bond motifs is 1. The van der Waals surface area contributed by atoms with Gasteiger partial charge in [-0.05, 0) is 104 Å². The van der Waals surface area contributed by atoms with E-state index in [4.69, 9.17) is 32.7 Å². The molecule has 1 N–H and O–H groups in total. The van der Waals surface area contributed by atoms with Crippen LogP contribution in [-0.4, -0.2) is 17.1 Å². The first-order valence-electron chi connectivity index (χ1n) is 10.4. The molecule has 0 radical (unpaired) electrons. The van der Waals surface area contributed by atoms with Gasteiger partial charge in [-0.2, -0.15) is 5.26 Å². The van der Waals surface area contributed by atoms with Crippen molar-refractivity contribution in [3.05, 3.63) is 83.5 Å².